The predicted molar refractivity (Wildman–Crippen MR) is 72.5 cm³/mol. The molecule has 0 saturated carbocycles. The molecule has 0 atom stereocenters. The van der Waals surface area contributed by atoms with Crippen LogP contribution in [0.5, 0.6) is 0 Å². The molecular weight excluding hydrogens is 260 g/mol. The molecular formula is C13H16N4O3. The third kappa shape index (κ3) is 2.47. The molecule has 2 rings (SSSR count). The number of rotatable bonds is 4. The lowest BCUT2D eigenvalue weighted by Crippen LogP contribution is -2.35. The minimum atomic E-state index is -1.04. The summed E-state index contributed by atoms with van der Waals surface area (Å²) in [7, 11) is 1.78. The molecule has 2 heterocycles. The van der Waals surface area contributed by atoms with Crippen molar-refractivity contribution in [3.05, 3.63) is 23.5 Å². The van der Waals surface area contributed by atoms with E-state index in [1.807, 2.05) is 6.92 Å². The highest BCUT2D eigenvalue weighted by atomic mass is 16.4. The van der Waals surface area contributed by atoms with Crippen LogP contribution in [0.3, 0.4) is 0 Å². The van der Waals surface area contributed by atoms with E-state index in [4.69, 9.17) is 5.11 Å². The average Bonchev–Trinajstić information content (AvgIpc) is 2.70. The van der Waals surface area contributed by atoms with E-state index in [0.29, 0.717) is 17.8 Å². The molecule has 0 spiro atoms. The van der Waals surface area contributed by atoms with Gasteiger partial charge in [-0.25, -0.2) is 4.98 Å². The first-order chi connectivity index (χ1) is 9.43. The van der Waals surface area contributed by atoms with Crippen LogP contribution in [0.1, 0.15) is 23.0 Å². The van der Waals surface area contributed by atoms with Crippen LogP contribution >= 0.6 is 0 Å². The third-order valence-electron chi connectivity index (χ3n) is 3.10. The lowest BCUT2D eigenvalue weighted by Gasteiger charge is -2.18. The van der Waals surface area contributed by atoms with E-state index in [9.17, 15) is 9.59 Å². The number of likely N-dealkylation sites (N-methyl/N-ethyl adjacent to an activating group) is 1. The fourth-order valence-corrected chi connectivity index (χ4v) is 2.10. The smallest absolute Gasteiger partial charge is 0.323 e. The van der Waals surface area contributed by atoms with Crippen molar-refractivity contribution in [3.63, 3.8) is 0 Å². The molecule has 0 aliphatic carbocycles. The van der Waals surface area contributed by atoms with E-state index < -0.39 is 5.97 Å². The van der Waals surface area contributed by atoms with Gasteiger partial charge in [0, 0.05) is 25.2 Å². The summed E-state index contributed by atoms with van der Waals surface area (Å²) < 4.78 is 1.65. The van der Waals surface area contributed by atoms with Crippen molar-refractivity contribution in [2.45, 2.75) is 13.8 Å². The van der Waals surface area contributed by atoms with Crippen molar-refractivity contribution < 1.29 is 14.7 Å². The number of aryl methyl sites for hydroxylation is 2. The molecule has 7 nitrogen and oxygen atoms in total. The van der Waals surface area contributed by atoms with E-state index in [2.05, 4.69) is 10.1 Å². The second kappa shape index (κ2) is 5.28. The maximum Gasteiger partial charge on any atom is 0.323 e. The summed E-state index contributed by atoms with van der Waals surface area (Å²) in [6.07, 6.45) is 1.45. The predicted octanol–water partition coefficient (Wildman–Crippen LogP) is 0.823. The zero-order chi connectivity index (χ0) is 14.9. The van der Waals surface area contributed by atoms with Crippen LogP contribution in [0.15, 0.2) is 12.3 Å². The van der Waals surface area contributed by atoms with Gasteiger partial charge in [0.05, 0.1) is 11.3 Å². The Hall–Kier alpha value is -2.44. The highest BCUT2D eigenvalue weighted by molar-refractivity contribution is 5.98. The maximum absolute atomic E-state index is 12.3. The van der Waals surface area contributed by atoms with Gasteiger partial charge in [0.15, 0.2) is 5.65 Å². The summed E-state index contributed by atoms with van der Waals surface area (Å²) in [4.78, 5) is 28.5. The second-order valence-electron chi connectivity index (χ2n) is 4.52. The summed E-state index contributed by atoms with van der Waals surface area (Å²) in [6.45, 7) is 3.59. The molecule has 1 amide bonds. The number of aliphatic carboxylic acids is 1. The molecule has 0 unspecified atom stereocenters. The molecule has 20 heavy (non-hydrogen) atoms. The van der Waals surface area contributed by atoms with Gasteiger partial charge in [0.25, 0.3) is 5.91 Å². The zero-order valence-electron chi connectivity index (χ0n) is 11.6. The van der Waals surface area contributed by atoms with Crippen molar-refractivity contribution in [3.8, 4) is 0 Å². The lowest BCUT2D eigenvalue weighted by molar-refractivity contribution is -0.137. The summed E-state index contributed by atoms with van der Waals surface area (Å²) in [5, 5.41) is 13.8. The molecule has 7 heteroatoms. The Bertz CT molecular complexity index is 678. The van der Waals surface area contributed by atoms with Crippen LogP contribution in [0.25, 0.3) is 11.0 Å². The molecule has 1 N–H and O–H groups in total. The van der Waals surface area contributed by atoms with E-state index in [0.717, 1.165) is 11.1 Å². The summed E-state index contributed by atoms with van der Waals surface area (Å²) in [5.74, 6) is -1.38. The van der Waals surface area contributed by atoms with Gasteiger partial charge in [-0.05, 0) is 19.9 Å². The third-order valence-corrected chi connectivity index (χ3v) is 3.10. The van der Waals surface area contributed by atoms with Crippen LogP contribution in [0.4, 0.5) is 0 Å². The van der Waals surface area contributed by atoms with Gasteiger partial charge in [0.1, 0.15) is 6.54 Å². The van der Waals surface area contributed by atoms with Crippen LogP contribution < -0.4 is 0 Å². The minimum absolute atomic E-state index is 0.320. The van der Waals surface area contributed by atoms with E-state index in [1.165, 1.54) is 11.1 Å². The van der Waals surface area contributed by atoms with Crippen molar-refractivity contribution >= 4 is 22.9 Å². The number of carbonyl (C=O) groups is 2. The van der Waals surface area contributed by atoms with Gasteiger partial charge >= 0.3 is 5.97 Å². The zero-order valence-corrected chi connectivity index (χ0v) is 11.6. The number of amides is 1. The van der Waals surface area contributed by atoms with Crippen molar-refractivity contribution in [2.24, 2.45) is 7.05 Å². The Morgan fingerprint density at radius 2 is 2.15 bits per heavy atom. The largest absolute Gasteiger partial charge is 0.480 e. The molecule has 0 saturated heterocycles. The average molecular weight is 276 g/mol. The monoisotopic (exact) mass is 276 g/mol. The van der Waals surface area contributed by atoms with Crippen molar-refractivity contribution in [1.29, 1.82) is 0 Å². The molecule has 2 aromatic heterocycles. The first kappa shape index (κ1) is 14.0. The molecule has 0 bridgehead atoms. The fraction of sp³-hybridized carbons (Fsp3) is 0.385. The maximum atomic E-state index is 12.3. The molecule has 106 valence electrons. The first-order valence-electron chi connectivity index (χ1n) is 6.24. The normalized spacial score (nSPS) is 10.8. The number of hydrogen-bond donors (Lipinski definition) is 1. The van der Waals surface area contributed by atoms with Gasteiger partial charge in [0.2, 0.25) is 0 Å². The minimum Gasteiger partial charge on any atom is -0.480 e. The SMILES string of the molecule is CCN(CC(=O)O)C(=O)c1cnc2c(c1)c(C)nn2C. The Kier molecular flexibility index (Phi) is 3.69. The van der Waals surface area contributed by atoms with Crippen LogP contribution in [0.2, 0.25) is 0 Å². The van der Waals surface area contributed by atoms with Crippen LogP contribution in [-0.2, 0) is 11.8 Å². The van der Waals surface area contributed by atoms with Crippen molar-refractivity contribution in [2.75, 3.05) is 13.1 Å². The number of carboxylic acid groups (broad SMARTS) is 1. The van der Waals surface area contributed by atoms with E-state index in [1.54, 1.807) is 24.7 Å². The Balaban J connectivity index is 2.39. The highest BCUT2D eigenvalue weighted by Crippen LogP contribution is 2.17. The highest BCUT2D eigenvalue weighted by Gasteiger charge is 2.18. The summed E-state index contributed by atoms with van der Waals surface area (Å²) >= 11 is 0. The van der Waals surface area contributed by atoms with Gasteiger partial charge in [-0.2, -0.15) is 5.10 Å². The number of carboxylic acids is 1. The molecule has 0 radical (unpaired) electrons. The quantitative estimate of drug-likeness (QED) is 0.893. The standard InChI is InChI=1S/C13H16N4O3/c1-4-17(7-11(18)19)13(20)9-5-10-8(2)15-16(3)12(10)14-6-9/h5-6H,4,7H2,1-3H3,(H,18,19). The Labute approximate surface area is 115 Å². The van der Waals surface area contributed by atoms with Gasteiger partial charge in [-0.3, -0.25) is 14.3 Å². The fourth-order valence-electron chi connectivity index (χ4n) is 2.10. The number of aromatic nitrogens is 3. The van der Waals surface area contributed by atoms with Crippen LogP contribution in [-0.4, -0.2) is 49.7 Å². The van der Waals surface area contributed by atoms with E-state index >= 15 is 0 Å². The summed E-state index contributed by atoms with van der Waals surface area (Å²) in [6, 6.07) is 1.71. The molecule has 0 fully saturated rings. The molecule has 0 aliphatic rings. The number of carbonyl (C=O) groups excluding carboxylic acids is 1. The Morgan fingerprint density at radius 1 is 1.45 bits per heavy atom. The van der Waals surface area contributed by atoms with E-state index in [-0.39, 0.29) is 12.5 Å². The Morgan fingerprint density at radius 3 is 2.75 bits per heavy atom. The molecule has 0 aliphatic heterocycles. The molecule has 2 aromatic rings. The van der Waals surface area contributed by atoms with Gasteiger partial charge < -0.3 is 10.0 Å². The first-order valence-corrected chi connectivity index (χ1v) is 6.24. The number of nitrogens with zero attached hydrogens (tertiary/aromatic N) is 4. The summed E-state index contributed by atoms with van der Waals surface area (Å²) in [5.41, 5.74) is 1.85. The van der Waals surface area contributed by atoms with Crippen molar-refractivity contribution in [1.82, 2.24) is 19.7 Å². The number of pyridine rings is 1. The topological polar surface area (TPSA) is 88.3 Å². The lowest BCUT2D eigenvalue weighted by atomic mass is 10.2. The molecule has 0 aromatic carbocycles. The van der Waals surface area contributed by atoms with Crippen LogP contribution in [0, 0.1) is 6.92 Å². The van der Waals surface area contributed by atoms with Gasteiger partial charge in [-0.1, -0.05) is 0 Å². The number of hydrogen-bond acceptors (Lipinski definition) is 4. The number of fused-ring (bicyclic) bond motifs is 1. The van der Waals surface area contributed by atoms with Gasteiger partial charge in [-0.15, -0.1) is 0 Å². The second-order valence-corrected chi connectivity index (χ2v) is 4.52.